The summed E-state index contributed by atoms with van der Waals surface area (Å²) in [5, 5.41) is 4.07. The smallest absolute Gasteiger partial charge is 0.223 e. The van der Waals surface area contributed by atoms with Crippen LogP contribution in [-0.4, -0.2) is 30.4 Å². The fraction of sp³-hybridized carbons (Fsp3) is 0.562. The van der Waals surface area contributed by atoms with Crippen LogP contribution in [0.5, 0.6) is 0 Å². The van der Waals surface area contributed by atoms with Crippen LogP contribution in [0.1, 0.15) is 37.7 Å². The Morgan fingerprint density at radius 2 is 1.75 bits per heavy atom. The minimum atomic E-state index is 0.288. The number of hydrogen-bond acceptors (Lipinski definition) is 2. The van der Waals surface area contributed by atoms with E-state index in [1.54, 1.807) is 0 Å². The van der Waals surface area contributed by atoms with E-state index in [9.17, 15) is 4.79 Å². The highest BCUT2D eigenvalue weighted by molar-refractivity contribution is 6.30. The molecule has 110 valence electrons. The molecule has 1 aromatic carbocycles. The standard InChI is InChI=1S/C16H23ClN2O/c17-15-7-5-14(6-8-15)13-18-10-9-16(20)19-11-3-1-2-4-12-19/h5-8,18H,1-4,9-13H2. The molecule has 1 fully saturated rings. The summed E-state index contributed by atoms with van der Waals surface area (Å²) in [6.45, 7) is 3.40. The summed E-state index contributed by atoms with van der Waals surface area (Å²) in [6, 6.07) is 7.79. The van der Waals surface area contributed by atoms with Gasteiger partial charge in [0.2, 0.25) is 5.91 Å². The van der Waals surface area contributed by atoms with Gasteiger partial charge in [-0.15, -0.1) is 0 Å². The number of likely N-dealkylation sites (tertiary alicyclic amines) is 1. The highest BCUT2D eigenvalue weighted by Gasteiger charge is 2.14. The first-order chi connectivity index (χ1) is 9.75. The zero-order valence-corrected chi connectivity index (χ0v) is 12.7. The quantitative estimate of drug-likeness (QED) is 0.846. The number of rotatable bonds is 5. The van der Waals surface area contributed by atoms with Crippen molar-refractivity contribution in [3.05, 3.63) is 34.9 Å². The average molecular weight is 295 g/mol. The van der Waals surface area contributed by atoms with Crippen molar-refractivity contribution in [2.45, 2.75) is 38.6 Å². The molecule has 0 saturated carbocycles. The van der Waals surface area contributed by atoms with E-state index in [4.69, 9.17) is 11.6 Å². The maximum Gasteiger partial charge on any atom is 0.223 e. The Morgan fingerprint density at radius 1 is 1.10 bits per heavy atom. The van der Waals surface area contributed by atoms with E-state index in [1.807, 2.05) is 29.2 Å². The van der Waals surface area contributed by atoms with Crippen molar-refractivity contribution in [3.63, 3.8) is 0 Å². The Labute approximate surface area is 126 Å². The summed E-state index contributed by atoms with van der Waals surface area (Å²) in [5.41, 5.74) is 1.19. The Kier molecular flexibility index (Phi) is 6.34. The first-order valence-corrected chi connectivity index (χ1v) is 7.86. The number of benzene rings is 1. The lowest BCUT2D eigenvalue weighted by atomic mass is 10.2. The summed E-state index contributed by atoms with van der Waals surface area (Å²) >= 11 is 5.84. The second-order valence-electron chi connectivity index (χ2n) is 5.35. The minimum absolute atomic E-state index is 0.288. The van der Waals surface area contributed by atoms with Gasteiger partial charge in [-0.05, 0) is 30.5 Å². The molecular formula is C16H23ClN2O. The fourth-order valence-electron chi connectivity index (χ4n) is 2.51. The third-order valence-corrected chi connectivity index (χ3v) is 3.97. The van der Waals surface area contributed by atoms with Crippen LogP contribution in [0, 0.1) is 0 Å². The third kappa shape index (κ3) is 5.14. The summed E-state index contributed by atoms with van der Waals surface area (Å²) in [4.78, 5) is 14.1. The van der Waals surface area contributed by atoms with Crippen LogP contribution in [0.25, 0.3) is 0 Å². The Balaban J connectivity index is 1.64. The summed E-state index contributed by atoms with van der Waals surface area (Å²) < 4.78 is 0. The van der Waals surface area contributed by atoms with Crippen LogP contribution < -0.4 is 5.32 Å². The zero-order valence-electron chi connectivity index (χ0n) is 11.9. The van der Waals surface area contributed by atoms with Crippen LogP contribution in [0.4, 0.5) is 0 Å². The lowest BCUT2D eigenvalue weighted by Gasteiger charge is -2.20. The second-order valence-corrected chi connectivity index (χ2v) is 5.78. The van der Waals surface area contributed by atoms with Gasteiger partial charge in [0.15, 0.2) is 0 Å². The van der Waals surface area contributed by atoms with Crippen LogP contribution >= 0.6 is 11.6 Å². The highest BCUT2D eigenvalue weighted by atomic mass is 35.5. The SMILES string of the molecule is O=C(CCNCc1ccc(Cl)cc1)N1CCCCCC1. The lowest BCUT2D eigenvalue weighted by molar-refractivity contribution is -0.131. The Morgan fingerprint density at radius 3 is 2.40 bits per heavy atom. The van der Waals surface area contributed by atoms with E-state index < -0.39 is 0 Å². The molecule has 0 unspecified atom stereocenters. The molecule has 0 aromatic heterocycles. The van der Waals surface area contributed by atoms with E-state index in [1.165, 1.54) is 18.4 Å². The van der Waals surface area contributed by atoms with Gasteiger partial charge in [-0.1, -0.05) is 36.6 Å². The van der Waals surface area contributed by atoms with Gasteiger partial charge in [-0.25, -0.2) is 0 Å². The van der Waals surface area contributed by atoms with Crippen LogP contribution in [-0.2, 0) is 11.3 Å². The molecule has 20 heavy (non-hydrogen) atoms. The first-order valence-electron chi connectivity index (χ1n) is 7.48. The largest absolute Gasteiger partial charge is 0.343 e. The summed E-state index contributed by atoms with van der Waals surface area (Å²) in [6.07, 6.45) is 5.43. The molecular weight excluding hydrogens is 272 g/mol. The molecule has 1 N–H and O–H groups in total. The van der Waals surface area contributed by atoms with E-state index in [0.717, 1.165) is 44.0 Å². The molecule has 0 spiro atoms. The van der Waals surface area contributed by atoms with Crippen molar-refractivity contribution in [1.29, 1.82) is 0 Å². The van der Waals surface area contributed by atoms with Crippen molar-refractivity contribution in [3.8, 4) is 0 Å². The number of halogens is 1. The molecule has 0 aliphatic carbocycles. The number of amides is 1. The number of nitrogens with one attached hydrogen (secondary N) is 1. The highest BCUT2D eigenvalue weighted by Crippen LogP contribution is 2.11. The molecule has 0 bridgehead atoms. The maximum atomic E-state index is 12.1. The minimum Gasteiger partial charge on any atom is -0.343 e. The molecule has 3 nitrogen and oxygen atoms in total. The predicted octanol–water partition coefficient (Wildman–Crippen LogP) is 3.22. The molecule has 4 heteroatoms. The summed E-state index contributed by atoms with van der Waals surface area (Å²) in [7, 11) is 0. The van der Waals surface area contributed by atoms with E-state index in [2.05, 4.69) is 5.32 Å². The monoisotopic (exact) mass is 294 g/mol. The Bertz CT molecular complexity index is 411. The normalized spacial score (nSPS) is 15.9. The Hall–Kier alpha value is -1.06. The topological polar surface area (TPSA) is 32.3 Å². The average Bonchev–Trinajstić information content (AvgIpc) is 2.74. The van der Waals surface area contributed by atoms with Crippen molar-refractivity contribution in [2.75, 3.05) is 19.6 Å². The molecule has 1 saturated heterocycles. The molecule has 1 amide bonds. The van der Waals surface area contributed by atoms with Gasteiger partial charge in [-0.2, -0.15) is 0 Å². The van der Waals surface area contributed by atoms with Gasteiger partial charge in [0.1, 0.15) is 0 Å². The number of hydrogen-bond donors (Lipinski definition) is 1. The second kappa shape index (κ2) is 8.28. The van der Waals surface area contributed by atoms with Crippen LogP contribution in [0.15, 0.2) is 24.3 Å². The van der Waals surface area contributed by atoms with Gasteiger partial charge in [0.05, 0.1) is 0 Å². The van der Waals surface area contributed by atoms with Crippen LogP contribution in [0.3, 0.4) is 0 Å². The third-order valence-electron chi connectivity index (χ3n) is 3.72. The number of carbonyl (C=O) groups is 1. The van der Waals surface area contributed by atoms with Gasteiger partial charge < -0.3 is 10.2 Å². The number of nitrogens with zero attached hydrogens (tertiary/aromatic N) is 1. The van der Waals surface area contributed by atoms with E-state index in [0.29, 0.717) is 6.42 Å². The molecule has 0 radical (unpaired) electrons. The maximum absolute atomic E-state index is 12.1. The molecule has 1 aliphatic heterocycles. The molecule has 1 heterocycles. The van der Waals surface area contributed by atoms with Gasteiger partial charge >= 0.3 is 0 Å². The van der Waals surface area contributed by atoms with E-state index >= 15 is 0 Å². The van der Waals surface area contributed by atoms with Crippen molar-refractivity contribution in [1.82, 2.24) is 10.2 Å². The van der Waals surface area contributed by atoms with Crippen molar-refractivity contribution in [2.24, 2.45) is 0 Å². The van der Waals surface area contributed by atoms with Crippen LogP contribution in [0.2, 0.25) is 5.02 Å². The van der Waals surface area contributed by atoms with Crippen molar-refractivity contribution >= 4 is 17.5 Å². The predicted molar refractivity (Wildman–Crippen MR) is 82.8 cm³/mol. The summed E-state index contributed by atoms with van der Waals surface area (Å²) in [5.74, 6) is 0.288. The zero-order chi connectivity index (χ0) is 14.2. The number of carbonyl (C=O) groups excluding carboxylic acids is 1. The first kappa shape index (κ1) is 15.3. The lowest BCUT2D eigenvalue weighted by Crippen LogP contribution is -2.33. The molecule has 1 aromatic rings. The molecule has 1 aliphatic rings. The fourth-order valence-corrected chi connectivity index (χ4v) is 2.63. The van der Waals surface area contributed by atoms with Gasteiger partial charge in [0, 0.05) is 37.6 Å². The van der Waals surface area contributed by atoms with E-state index in [-0.39, 0.29) is 5.91 Å². The van der Waals surface area contributed by atoms with Gasteiger partial charge in [0.25, 0.3) is 0 Å². The van der Waals surface area contributed by atoms with Crippen molar-refractivity contribution < 1.29 is 4.79 Å². The molecule has 2 rings (SSSR count). The van der Waals surface area contributed by atoms with Gasteiger partial charge in [-0.3, -0.25) is 4.79 Å². The molecule has 0 atom stereocenters.